The highest BCUT2D eigenvalue weighted by molar-refractivity contribution is 7.98. The van der Waals surface area contributed by atoms with E-state index in [1.807, 2.05) is 17.8 Å². The van der Waals surface area contributed by atoms with Crippen LogP contribution in [0.5, 0.6) is 0 Å². The number of unbranched alkanes of at least 4 members (excludes halogenated alkanes) is 2. The lowest BCUT2D eigenvalue weighted by Gasteiger charge is -2.08. The number of nitrogens with one attached hydrogen (secondary N) is 1. The lowest BCUT2D eigenvalue weighted by molar-refractivity contribution is 0.318. The number of halogens is 1. The number of oxime groups is 1. The summed E-state index contributed by atoms with van der Waals surface area (Å²) in [5.74, 6) is 1.31. The molecule has 0 bridgehead atoms. The van der Waals surface area contributed by atoms with Gasteiger partial charge in [0.25, 0.3) is 0 Å². The molecule has 0 fully saturated rings. The molecule has 4 nitrogen and oxygen atoms in total. The van der Waals surface area contributed by atoms with Crippen LogP contribution in [0.4, 0.5) is 0 Å². The van der Waals surface area contributed by atoms with Gasteiger partial charge in [0.05, 0.1) is 0 Å². The van der Waals surface area contributed by atoms with Crippen molar-refractivity contribution in [1.29, 1.82) is 0 Å². The molecule has 0 atom stereocenters. The van der Waals surface area contributed by atoms with Crippen molar-refractivity contribution in [3.05, 3.63) is 34.3 Å². The predicted molar refractivity (Wildman–Crippen MR) is 87.9 cm³/mol. The van der Waals surface area contributed by atoms with Crippen molar-refractivity contribution in [3.8, 4) is 0 Å². The third kappa shape index (κ3) is 6.03. The van der Waals surface area contributed by atoms with Gasteiger partial charge in [-0.3, -0.25) is 0 Å². The Morgan fingerprint density at radius 1 is 1.40 bits per heavy atom. The predicted octanol–water partition coefficient (Wildman–Crippen LogP) is 3.06. The fourth-order valence-electron chi connectivity index (χ4n) is 1.80. The smallest absolute Gasteiger partial charge is 0.170 e. The van der Waals surface area contributed by atoms with Gasteiger partial charge in [-0.15, -0.1) is 0 Å². The van der Waals surface area contributed by atoms with Crippen LogP contribution in [0.25, 0.3) is 0 Å². The summed E-state index contributed by atoms with van der Waals surface area (Å²) in [6.07, 6.45) is 5.85. The van der Waals surface area contributed by atoms with Gasteiger partial charge in [0.1, 0.15) is 0 Å². The molecule has 0 aliphatic rings. The van der Waals surface area contributed by atoms with Gasteiger partial charge < -0.3 is 16.3 Å². The Morgan fingerprint density at radius 3 is 2.85 bits per heavy atom. The second-order valence-electron chi connectivity index (χ2n) is 4.52. The fraction of sp³-hybridized carbons (Fsp3) is 0.500. The van der Waals surface area contributed by atoms with Crippen LogP contribution >= 0.6 is 23.4 Å². The highest BCUT2D eigenvalue weighted by Crippen LogP contribution is 2.17. The maximum absolute atomic E-state index is 8.62. The van der Waals surface area contributed by atoms with E-state index in [-0.39, 0.29) is 5.84 Å². The first-order valence-corrected chi connectivity index (χ1v) is 8.42. The topological polar surface area (TPSA) is 70.6 Å². The van der Waals surface area contributed by atoms with Crippen molar-refractivity contribution >= 4 is 29.2 Å². The zero-order chi connectivity index (χ0) is 14.8. The third-order valence-electron chi connectivity index (χ3n) is 2.97. The Labute approximate surface area is 129 Å². The van der Waals surface area contributed by atoms with Crippen LogP contribution in [0.1, 0.15) is 30.4 Å². The van der Waals surface area contributed by atoms with E-state index in [2.05, 4.69) is 16.7 Å². The Kier molecular flexibility index (Phi) is 8.49. The molecule has 1 aromatic carbocycles. The van der Waals surface area contributed by atoms with E-state index in [0.29, 0.717) is 10.6 Å². The van der Waals surface area contributed by atoms with E-state index < -0.39 is 0 Å². The third-order valence-corrected chi connectivity index (χ3v) is 4.02. The zero-order valence-electron chi connectivity index (χ0n) is 11.7. The second-order valence-corrected chi connectivity index (χ2v) is 5.91. The van der Waals surface area contributed by atoms with Crippen LogP contribution in [0, 0.1) is 0 Å². The Hall–Kier alpha value is -0.910. The molecule has 0 saturated carbocycles. The average Bonchev–Trinajstić information content (AvgIpc) is 2.46. The molecule has 0 amide bonds. The molecule has 0 unspecified atom stereocenters. The number of nitrogens with zero attached hydrogens (tertiary/aromatic N) is 1. The summed E-state index contributed by atoms with van der Waals surface area (Å²) in [7, 11) is 0. The lowest BCUT2D eigenvalue weighted by Crippen LogP contribution is -2.16. The normalized spacial score (nSPS) is 11.8. The quantitative estimate of drug-likeness (QED) is 0.215. The first kappa shape index (κ1) is 17.1. The average molecular weight is 316 g/mol. The number of amidine groups is 1. The van der Waals surface area contributed by atoms with Gasteiger partial charge in [0, 0.05) is 17.1 Å². The van der Waals surface area contributed by atoms with Crippen molar-refractivity contribution in [1.82, 2.24) is 5.32 Å². The number of rotatable bonds is 9. The molecule has 20 heavy (non-hydrogen) atoms. The molecule has 0 radical (unpaired) electrons. The molecule has 0 saturated heterocycles. The summed E-state index contributed by atoms with van der Waals surface area (Å²) in [6, 6.07) is 5.42. The molecule has 112 valence electrons. The SMILES string of the molecule is CSCCCCCNCc1ccc(/C(N)=N/O)cc1Cl. The van der Waals surface area contributed by atoms with Gasteiger partial charge in [0.15, 0.2) is 5.84 Å². The number of hydrogen-bond donors (Lipinski definition) is 3. The minimum absolute atomic E-state index is 0.0696. The molecule has 0 aromatic heterocycles. The standard InChI is InChI=1S/C14H22ClN3OS/c1-20-8-4-2-3-7-17-10-12-6-5-11(9-13(12)15)14(16)18-19/h5-6,9,17,19H,2-4,7-8,10H2,1H3,(H2,16,18). The molecule has 0 heterocycles. The monoisotopic (exact) mass is 315 g/mol. The lowest BCUT2D eigenvalue weighted by atomic mass is 10.1. The van der Waals surface area contributed by atoms with Crippen molar-refractivity contribution < 1.29 is 5.21 Å². The summed E-state index contributed by atoms with van der Waals surface area (Å²) in [5.41, 5.74) is 7.16. The summed E-state index contributed by atoms with van der Waals surface area (Å²) in [4.78, 5) is 0. The van der Waals surface area contributed by atoms with Crippen LogP contribution < -0.4 is 11.1 Å². The van der Waals surface area contributed by atoms with Gasteiger partial charge in [-0.1, -0.05) is 35.3 Å². The minimum Gasteiger partial charge on any atom is -0.409 e. The highest BCUT2D eigenvalue weighted by Gasteiger charge is 2.04. The number of hydrogen-bond acceptors (Lipinski definition) is 4. The van der Waals surface area contributed by atoms with Gasteiger partial charge >= 0.3 is 0 Å². The Bertz CT molecular complexity index is 440. The Balaban J connectivity index is 2.34. The van der Waals surface area contributed by atoms with E-state index in [0.717, 1.165) is 18.7 Å². The van der Waals surface area contributed by atoms with Crippen LogP contribution in [-0.4, -0.2) is 29.6 Å². The van der Waals surface area contributed by atoms with E-state index in [1.54, 1.807) is 12.1 Å². The molecule has 0 aliphatic carbocycles. The fourth-order valence-corrected chi connectivity index (χ4v) is 2.54. The van der Waals surface area contributed by atoms with Gasteiger partial charge in [-0.2, -0.15) is 11.8 Å². The molecule has 0 aliphatic heterocycles. The van der Waals surface area contributed by atoms with Gasteiger partial charge in [-0.05, 0) is 43.0 Å². The first-order valence-electron chi connectivity index (χ1n) is 6.65. The minimum atomic E-state index is 0.0696. The summed E-state index contributed by atoms with van der Waals surface area (Å²) >= 11 is 8.07. The highest BCUT2D eigenvalue weighted by atomic mass is 35.5. The van der Waals surface area contributed by atoms with Gasteiger partial charge in [-0.25, -0.2) is 0 Å². The number of nitrogens with two attached hydrogens (primary N) is 1. The van der Waals surface area contributed by atoms with Crippen LogP contribution in [0.15, 0.2) is 23.4 Å². The molecule has 4 N–H and O–H groups in total. The number of thioether (sulfide) groups is 1. The van der Waals surface area contributed by atoms with Crippen molar-refractivity contribution in [2.45, 2.75) is 25.8 Å². The maximum atomic E-state index is 8.62. The van der Waals surface area contributed by atoms with E-state index in [1.165, 1.54) is 25.0 Å². The molecular weight excluding hydrogens is 294 g/mol. The van der Waals surface area contributed by atoms with Crippen LogP contribution in [0.2, 0.25) is 5.02 Å². The Morgan fingerprint density at radius 2 is 2.20 bits per heavy atom. The van der Waals surface area contributed by atoms with E-state index in [4.69, 9.17) is 22.5 Å². The molecule has 1 rings (SSSR count). The van der Waals surface area contributed by atoms with Crippen molar-refractivity contribution in [3.63, 3.8) is 0 Å². The van der Waals surface area contributed by atoms with Crippen molar-refractivity contribution in [2.24, 2.45) is 10.9 Å². The summed E-state index contributed by atoms with van der Waals surface area (Å²) in [6.45, 7) is 1.73. The number of benzene rings is 1. The summed E-state index contributed by atoms with van der Waals surface area (Å²) < 4.78 is 0. The van der Waals surface area contributed by atoms with Gasteiger partial charge in [0.2, 0.25) is 0 Å². The van der Waals surface area contributed by atoms with Crippen molar-refractivity contribution in [2.75, 3.05) is 18.6 Å². The van der Waals surface area contributed by atoms with E-state index >= 15 is 0 Å². The second kappa shape index (κ2) is 9.91. The molecule has 1 aromatic rings. The first-order chi connectivity index (χ1) is 9.69. The largest absolute Gasteiger partial charge is 0.409 e. The van der Waals surface area contributed by atoms with Crippen LogP contribution in [-0.2, 0) is 6.54 Å². The molecule has 0 spiro atoms. The molecule has 6 heteroatoms. The summed E-state index contributed by atoms with van der Waals surface area (Å²) in [5, 5.41) is 15.6. The molecular formula is C14H22ClN3OS. The van der Waals surface area contributed by atoms with Crippen LogP contribution in [0.3, 0.4) is 0 Å². The van der Waals surface area contributed by atoms with E-state index in [9.17, 15) is 0 Å². The zero-order valence-corrected chi connectivity index (χ0v) is 13.3. The maximum Gasteiger partial charge on any atom is 0.170 e.